The van der Waals surface area contributed by atoms with Gasteiger partial charge in [-0.2, -0.15) is 5.10 Å². The number of rotatable bonds is 5. The van der Waals surface area contributed by atoms with Crippen molar-refractivity contribution < 1.29 is 19.4 Å². The van der Waals surface area contributed by atoms with Crippen LogP contribution in [0.2, 0.25) is 0 Å². The van der Waals surface area contributed by atoms with Gasteiger partial charge in [0.1, 0.15) is 6.54 Å². The Hall–Kier alpha value is -3.68. The fourth-order valence-corrected chi connectivity index (χ4v) is 2.99. The van der Waals surface area contributed by atoms with Crippen molar-refractivity contribution in [1.82, 2.24) is 15.3 Å². The van der Waals surface area contributed by atoms with E-state index in [2.05, 4.69) is 20.1 Å². The predicted octanol–water partition coefficient (Wildman–Crippen LogP) is 2.09. The summed E-state index contributed by atoms with van der Waals surface area (Å²) in [6.07, 6.45) is 3.22. The lowest BCUT2D eigenvalue weighted by Crippen LogP contribution is -2.38. The Morgan fingerprint density at radius 3 is 2.75 bits per heavy atom. The topological polar surface area (TPSA) is 104 Å². The van der Waals surface area contributed by atoms with Crippen molar-refractivity contribution in [2.24, 2.45) is 5.10 Å². The smallest absolute Gasteiger partial charge is 0.325 e. The first-order valence-corrected chi connectivity index (χ1v) is 8.64. The van der Waals surface area contributed by atoms with E-state index in [1.165, 1.54) is 18.3 Å². The maximum Gasteiger partial charge on any atom is 0.325 e. The number of hydrogen-bond acceptors (Lipinski definition) is 7. The lowest BCUT2D eigenvalue weighted by atomic mass is 9.93. The molecule has 1 aliphatic rings. The molecule has 0 aliphatic carbocycles. The Bertz CT molecular complexity index is 954. The highest BCUT2D eigenvalue weighted by Gasteiger charge is 2.31. The molecule has 2 N–H and O–H groups in total. The Kier molecular flexibility index (Phi) is 5.69. The summed E-state index contributed by atoms with van der Waals surface area (Å²) in [5.74, 6) is -1.43. The second-order valence-electron chi connectivity index (χ2n) is 5.93. The van der Waals surface area contributed by atoms with Crippen LogP contribution in [0.15, 0.2) is 53.4 Å². The van der Waals surface area contributed by atoms with Gasteiger partial charge in [-0.1, -0.05) is 24.3 Å². The molecular weight excluding hydrogens is 360 g/mol. The van der Waals surface area contributed by atoms with Crippen molar-refractivity contribution in [3.8, 4) is 11.3 Å². The average Bonchev–Trinajstić information content (AvgIpc) is 2.72. The third-order valence-corrected chi connectivity index (χ3v) is 4.25. The monoisotopic (exact) mass is 380 g/mol. The number of ether oxygens (including phenoxy) is 1. The Balaban J connectivity index is 2.06. The third kappa shape index (κ3) is 3.71. The molecule has 0 fully saturated rings. The van der Waals surface area contributed by atoms with Crippen LogP contribution in [0.5, 0.6) is 0 Å². The quantitative estimate of drug-likeness (QED) is 0.608. The minimum atomic E-state index is -0.623. The molecule has 0 atom stereocenters. The molecule has 3 rings (SSSR count). The summed E-state index contributed by atoms with van der Waals surface area (Å²) in [6, 6.07) is 11.0. The van der Waals surface area contributed by atoms with Crippen LogP contribution >= 0.6 is 0 Å². The van der Waals surface area contributed by atoms with Crippen LogP contribution in [0.4, 0.5) is 0 Å². The molecule has 0 unspecified atom stereocenters. The number of carbonyl (C=O) groups is 2. The van der Waals surface area contributed by atoms with Crippen LogP contribution in [0, 0.1) is 0 Å². The fraction of sp³-hybridized carbons (Fsp3) is 0.200. The number of hydrazone groups is 1. The van der Waals surface area contributed by atoms with Gasteiger partial charge in [-0.3, -0.25) is 19.6 Å². The Labute approximate surface area is 162 Å². The molecule has 144 valence electrons. The van der Waals surface area contributed by atoms with Crippen LogP contribution in [-0.2, 0) is 20.9 Å². The summed E-state index contributed by atoms with van der Waals surface area (Å²) < 4.78 is 4.53. The van der Waals surface area contributed by atoms with Crippen molar-refractivity contribution in [3.05, 3.63) is 59.4 Å². The maximum absolute atomic E-state index is 12.6. The van der Waals surface area contributed by atoms with Gasteiger partial charge < -0.3 is 15.2 Å². The van der Waals surface area contributed by atoms with E-state index in [9.17, 15) is 14.7 Å². The highest BCUT2D eigenvalue weighted by atomic mass is 16.5. The van der Waals surface area contributed by atoms with Crippen LogP contribution in [0.3, 0.4) is 0 Å². The number of hydrogen-bond donors (Lipinski definition) is 2. The van der Waals surface area contributed by atoms with E-state index < -0.39 is 11.9 Å². The molecule has 0 saturated heterocycles. The molecule has 0 saturated carbocycles. The number of amides is 1. The summed E-state index contributed by atoms with van der Waals surface area (Å²) in [5.41, 5.74) is 2.89. The highest BCUT2D eigenvalue weighted by molar-refractivity contribution is 6.01. The zero-order chi connectivity index (χ0) is 20.1. The molecule has 0 radical (unpaired) electrons. The number of nitrogens with zero attached hydrogens (tertiary/aromatic N) is 3. The predicted molar refractivity (Wildman–Crippen MR) is 104 cm³/mol. The lowest BCUT2D eigenvalue weighted by molar-refractivity contribution is -0.140. The second kappa shape index (κ2) is 8.34. The van der Waals surface area contributed by atoms with E-state index in [-0.39, 0.29) is 24.5 Å². The largest absolute Gasteiger partial charge is 0.505 e. The summed E-state index contributed by atoms with van der Waals surface area (Å²) in [5, 5.41) is 18.9. The van der Waals surface area contributed by atoms with Gasteiger partial charge in [0.05, 0.1) is 19.3 Å². The maximum atomic E-state index is 12.6. The van der Waals surface area contributed by atoms with Crippen LogP contribution in [0.1, 0.15) is 18.1 Å². The van der Waals surface area contributed by atoms with Crippen LogP contribution < -0.4 is 5.32 Å². The molecule has 8 nitrogen and oxygen atoms in total. The Morgan fingerprint density at radius 1 is 1.29 bits per heavy atom. The average molecular weight is 380 g/mol. The first kappa shape index (κ1) is 19.1. The number of pyridine rings is 1. The van der Waals surface area contributed by atoms with E-state index >= 15 is 0 Å². The van der Waals surface area contributed by atoms with Gasteiger partial charge in [0.15, 0.2) is 11.5 Å². The van der Waals surface area contributed by atoms with Crippen molar-refractivity contribution in [1.29, 1.82) is 0 Å². The fourth-order valence-electron chi connectivity index (χ4n) is 2.99. The minimum Gasteiger partial charge on any atom is -0.505 e. The van der Waals surface area contributed by atoms with Crippen molar-refractivity contribution in [2.45, 2.75) is 13.5 Å². The molecule has 28 heavy (non-hydrogen) atoms. The number of aromatic nitrogens is 1. The van der Waals surface area contributed by atoms with Gasteiger partial charge in [0, 0.05) is 23.5 Å². The summed E-state index contributed by atoms with van der Waals surface area (Å²) in [7, 11) is 1.23. The number of aliphatic hydroxyl groups is 1. The first-order valence-electron chi connectivity index (χ1n) is 8.64. The number of methoxy groups -OCH3 is 1. The molecule has 2 heterocycles. The van der Waals surface area contributed by atoms with Crippen molar-refractivity contribution >= 4 is 23.9 Å². The number of fused-ring (bicyclic) bond motifs is 1. The molecule has 0 bridgehead atoms. The molecule has 0 spiro atoms. The Morgan fingerprint density at radius 2 is 2.07 bits per heavy atom. The van der Waals surface area contributed by atoms with E-state index in [1.54, 1.807) is 25.3 Å². The first-order chi connectivity index (χ1) is 13.6. The number of nitrogens with one attached hydrogen (secondary N) is 1. The van der Waals surface area contributed by atoms with E-state index in [0.717, 1.165) is 16.8 Å². The SMILES string of the molecule is C/C=N\N1Cc2c(cccc2-c2ccccn2)C(O)=C1C(=O)NCC(=O)OC. The second-order valence-corrected chi connectivity index (χ2v) is 5.93. The van der Waals surface area contributed by atoms with E-state index in [1.807, 2.05) is 24.3 Å². The third-order valence-electron chi connectivity index (χ3n) is 4.25. The lowest BCUT2D eigenvalue weighted by Gasteiger charge is -2.29. The number of esters is 1. The number of carbonyl (C=O) groups excluding carboxylic acids is 2. The van der Waals surface area contributed by atoms with Gasteiger partial charge in [-0.25, -0.2) is 0 Å². The van der Waals surface area contributed by atoms with Crippen molar-refractivity contribution in [2.75, 3.05) is 13.7 Å². The molecule has 2 aromatic rings. The van der Waals surface area contributed by atoms with Gasteiger partial charge in [0.2, 0.25) is 0 Å². The normalized spacial score (nSPS) is 13.4. The van der Waals surface area contributed by atoms with Crippen molar-refractivity contribution in [3.63, 3.8) is 0 Å². The van der Waals surface area contributed by atoms with Gasteiger partial charge >= 0.3 is 5.97 Å². The zero-order valence-corrected chi connectivity index (χ0v) is 15.5. The highest BCUT2D eigenvalue weighted by Crippen LogP contribution is 2.35. The molecule has 1 aliphatic heterocycles. The molecule has 1 amide bonds. The summed E-state index contributed by atoms with van der Waals surface area (Å²) >= 11 is 0. The van der Waals surface area contributed by atoms with Crippen LogP contribution in [-0.4, -0.2) is 46.8 Å². The summed E-state index contributed by atoms with van der Waals surface area (Å²) in [4.78, 5) is 28.3. The van der Waals surface area contributed by atoms with Gasteiger partial charge in [0.25, 0.3) is 5.91 Å². The minimum absolute atomic E-state index is 0.0346. The molecule has 1 aromatic heterocycles. The molecular formula is C20H20N4O4. The molecule has 8 heteroatoms. The zero-order valence-electron chi connectivity index (χ0n) is 15.5. The standard InChI is InChI=1S/C20H20N4O4/c1-3-23-24-12-15-13(16-9-4-5-10-21-16)7-6-8-14(15)19(26)18(24)20(27)22-11-17(25)28-2/h3-10,26H,11-12H2,1-2H3,(H,22,27)/b23-3-. The van der Waals surface area contributed by atoms with Gasteiger partial charge in [-0.15, -0.1) is 0 Å². The number of aliphatic hydroxyl groups excluding tert-OH is 1. The van der Waals surface area contributed by atoms with E-state index in [0.29, 0.717) is 5.56 Å². The molecule has 1 aromatic carbocycles. The summed E-state index contributed by atoms with van der Waals surface area (Å²) in [6.45, 7) is 1.66. The van der Waals surface area contributed by atoms with Gasteiger partial charge in [-0.05, 0) is 24.6 Å². The number of benzene rings is 1. The van der Waals surface area contributed by atoms with E-state index in [4.69, 9.17) is 0 Å². The van der Waals surface area contributed by atoms with Crippen LogP contribution in [0.25, 0.3) is 17.0 Å².